The Balaban J connectivity index is 2.47. The van der Waals surface area contributed by atoms with Crippen molar-refractivity contribution in [1.29, 1.82) is 0 Å². The summed E-state index contributed by atoms with van der Waals surface area (Å²) in [6.45, 7) is 27.5. The van der Waals surface area contributed by atoms with Crippen molar-refractivity contribution in [2.75, 3.05) is 0 Å². The Hall–Kier alpha value is -2.70. The topological polar surface area (TPSA) is 0 Å². The molecule has 3 rings (SSSR count). The summed E-state index contributed by atoms with van der Waals surface area (Å²) in [5.74, 6) is 17.9. The Labute approximate surface area is 227 Å². The number of fused-ring (bicyclic) bond motifs is 2. The summed E-state index contributed by atoms with van der Waals surface area (Å²) >= 11 is 0. The van der Waals surface area contributed by atoms with Gasteiger partial charge < -0.3 is 0 Å². The van der Waals surface area contributed by atoms with Crippen LogP contribution in [-0.2, 0) is 0 Å². The maximum absolute atomic E-state index is 3.88. The summed E-state index contributed by atoms with van der Waals surface area (Å²) in [7, 11) is 0. The molecule has 0 heterocycles. The Morgan fingerprint density at radius 1 is 0.541 bits per heavy atom. The van der Waals surface area contributed by atoms with Crippen molar-refractivity contribution in [3.05, 3.63) is 58.7 Å². The summed E-state index contributed by atoms with van der Waals surface area (Å²) in [5, 5.41) is 4.89. The van der Waals surface area contributed by atoms with Gasteiger partial charge in [-0.2, -0.15) is 0 Å². The van der Waals surface area contributed by atoms with E-state index >= 15 is 0 Å². The first-order valence-electron chi connectivity index (χ1n) is 14.3. The zero-order valence-electron chi connectivity index (χ0n) is 25.4. The van der Waals surface area contributed by atoms with Gasteiger partial charge in [-0.25, -0.2) is 0 Å². The van der Waals surface area contributed by atoms with E-state index in [0.717, 1.165) is 11.1 Å². The van der Waals surface area contributed by atoms with Gasteiger partial charge in [0.05, 0.1) is 0 Å². The van der Waals surface area contributed by atoms with Crippen LogP contribution in [0.1, 0.15) is 91.5 Å². The molecule has 3 aromatic carbocycles. The second kappa shape index (κ2) is 11.4. The Morgan fingerprint density at radius 3 is 1.32 bits per heavy atom. The smallest absolute Gasteiger partial charge is 0.0403 e. The lowest BCUT2D eigenvalue weighted by molar-refractivity contribution is 0.123. The fourth-order valence-electron chi connectivity index (χ4n) is 6.59. The van der Waals surface area contributed by atoms with Gasteiger partial charge in [0.2, 0.25) is 0 Å². The summed E-state index contributed by atoms with van der Waals surface area (Å²) in [6, 6.07) is 13.6. The first kappa shape index (κ1) is 28.9. The van der Waals surface area contributed by atoms with Gasteiger partial charge in [0, 0.05) is 22.5 Å². The molecule has 0 aromatic heterocycles. The van der Waals surface area contributed by atoms with Crippen LogP contribution in [0.2, 0.25) is 0 Å². The molecular formula is C37H48. The normalized spacial score (nSPS) is 12.3. The summed E-state index contributed by atoms with van der Waals surface area (Å²) < 4.78 is 0. The van der Waals surface area contributed by atoms with E-state index in [1.54, 1.807) is 0 Å². The maximum Gasteiger partial charge on any atom is 0.0403 e. The summed E-state index contributed by atoms with van der Waals surface area (Å²) in [5.41, 5.74) is 4.76. The summed E-state index contributed by atoms with van der Waals surface area (Å²) in [6.07, 6.45) is 0. The molecule has 0 bridgehead atoms. The first-order valence-corrected chi connectivity index (χ1v) is 14.3. The van der Waals surface area contributed by atoms with E-state index in [0.29, 0.717) is 35.5 Å². The number of aryl methyl sites for hydroxylation is 2. The fraction of sp³-hybridized carbons (Fsp3) is 0.514. The van der Waals surface area contributed by atoms with Crippen molar-refractivity contribution in [2.24, 2.45) is 40.9 Å². The van der Waals surface area contributed by atoms with E-state index in [4.69, 9.17) is 0 Å². The minimum Gasteiger partial charge on any atom is -0.0939 e. The van der Waals surface area contributed by atoms with Crippen molar-refractivity contribution in [3.63, 3.8) is 0 Å². The highest BCUT2D eigenvalue weighted by molar-refractivity contribution is 6.10. The standard InChI is InChI=1S/C37H48/c1-23(2)30(24(3)4)17-18-33-31-15-13-29(12)22-36(31)34(32-16-14-28(11)21-35(32)33)19-20-37(25(5)6,26(7)8)27(9)10/h13-16,21-27,30H,1-12H3. The molecule has 0 saturated carbocycles. The zero-order chi connectivity index (χ0) is 27.7. The predicted molar refractivity (Wildman–Crippen MR) is 165 cm³/mol. The van der Waals surface area contributed by atoms with E-state index in [2.05, 4.69) is 143 Å². The second-order valence-corrected chi connectivity index (χ2v) is 12.8. The SMILES string of the molecule is Cc1ccc2c(C#CC(C(C)C)(C(C)C)C(C)C)c3cc(C)ccc3c(C#CC(C(C)C)C(C)C)c2c1. The van der Waals surface area contributed by atoms with E-state index in [-0.39, 0.29) is 5.41 Å². The number of hydrogen-bond donors (Lipinski definition) is 0. The molecule has 0 nitrogen and oxygen atoms in total. The average Bonchev–Trinajstić information content (AvgIpc) is 2.79. The van der Waals surface area contributed by atoms with Gasteiger partial charge in [0.15, 0.2) is 0 Å². The molecule has 0 amide bonds. The van der Waals surface area contributed by atoms with Gasteiger partial charge in [-0.15, -0.1) is 0 Å². The van der Waals surface area contributed by atoms with Crippen LogP contribution < -0.4 is 0 Å². The van der Waals surface area contributed by atoms with E-state index in [1.165, 1.54) is 32.7 Å². The molecule has 0 fully saturated rings. The second-order valence-electron chi connectivity index (χ2n) is 12.8. The molecule has 0 heteroatoms. The molecule has 0 saturated heterocycles. The monoisotopic (exact) mass is 492 g/mol. The van der Waals surface area contributed by atoms with Crippen molar-refractivity contribution >= 4 is 21.5 Å². The fourth-order valence-corrected chi connectivity index (χ4v) is 6.59. The quantitative estimate of drug-likeness (QED) is 0.245. The third-order valence-electron chi connectivity index (χ3n) is 8.50. The zero-order valence-corrected chi connectivity index (χ0v) is 25.4. The molecular weight excluding hydrogens is 444 g/mol. The van der Waals surface area contributed by atoms with Crippen molar-refractivity contribution in [1.82, 2.24) is 0 Å². The molecule has 0 spiro atoms. The van der Waals surface area contributed by atoms with Crippen molar-refractivity contribution in [3.8, 4) is 23.7 Å². The third kappa shape index (κ3) is 5.60. The van der Waals surface area contributed by atoms with Gasteiger partial charge in [0.25, 0.3) is 0 Å². The molecule has 0 aliphatic rings. The molecule has 0 N–H and O–H groups in total. The highest BCUT2D eigenvalue weighted by Crippen LogP contribution is 2.43. The van der Waals surface area contributed by atoms with E-state index in [1.807, 2.05) is 0 Å². The Kier molecular flexibility index (Phi) is 8.86. The third-order valence-corrected chi connectivity index (χ3v) is 8.50. The van der Waals surface area contributed by atoms with Gasteiger partial charge in [-0.1, -0.05) is 140 Å². The van der Waals surface area contributed by atoms with Gasteiger partial charge in [0.1, 0.15) is 0 Å². The summed E-state index contributed by atoms with van der Waals surface area (Å²) in [4.78, 5) is 0. The van der Waals surface area contributed by atoms with Crippen LogP contribution in [0.25, 0.3) is 21.5 Å². The van der Waals surface area contributed by atoms with Crippen LogP contribution in [-0.4, -0.2) is 0 Å². The molecule has 3 aromatic rings. The molecule has 0 aliphatic heterocycles. The van der Waals surface area contributed by atoms with E-state index in [9.17, 15) is 0 Å². The lowest BCUT2D eigenvalue weighted by Gasteiger charge is -2.40. The average molecular weight is 493 g/mol. The Morgan fingerprint density at radius 2 is 0.946 bits per heavy atom. The largest absolute Gasteiger partial charge is 0.0939 e. The van der Waals surface area contributed by atoms with Crippen LogP contribution in [0.3, 0.4) is 0 Å². The predicted octanol–water partition coefficient (Wildman–Crippen LogP) is 10.2. The lowest BCUT2D eigenvalue weighted by Crippen LogP contribution is -2.37. The van der Waals surface area contributed by atoms with E-state index < -0.39 is 0 Å². The molecule has 0 atom stereocenters. The minimum absolute atomic E-state index is 0.0482. The van der Waals surface area contributed by atoms with Crippen molar-refractivity contribution < 1.29 is 0 Å². The molecule has 37 heavy (non-hydrogen) atoms. The van der Waals surface area contributed by atoms with Gasteiger partial charge in [-0.3, -0.25) is 0 Å². The molecule has 0 unspecified atom stereocenters. The molecule has 0 radical (unpaired) electrons. The van der Waals surface area contributed by atoms with Crippen molar-refractivity contribution in [2.45, 2.75) is 83.1 Å². The molecule has 196 valence electrons. The van der Waals surface area contributed by atoms with Crippen LogP contribution in [0.5, 0.6) is 0 Å². The van der Waals surface area contributed by atoms with Crippen LogP contribution in [0, 0.1) is 78.5 Å². The first-order chi connectivity index (χ1) is 17.3. The number of hydrogen-bond acceptors (Lipinski definition) is 0. The number of rotatable bonds is 5. The minimum atomic E-state index is -0.0482. The highest BCUT2D eigenvalue weighted by Gasteiger charge is 2.38. The van der Waals surface area contributed by atoms with Crippen LogP contribution in [0.4, 0.5) is 0 Å². The molecule has 0 aliphatic carbocycles. The number of benzene rings is 3. The van der Waals surface area contributed by atoms with Gasteiger partial charge in [-0.05, 0) is 65.0 Å². The highest BCUT2D eigenvalue weighted by atomic mass is 14.4. The van der Waals surface area contributed by atoms with Gasteiger partial charge >= 0.3 is 0 Å². The lowest BCUT2D eigenvalue weighted by atomic mass is 9.62. The Bertz CT molecular complexity index is 1360. The van der Waals surface area contributed by atoms with Crippen LogP contribution >= 0.6 is 0 Å². The maximum atomic E-state index is 3.88. The van der Waals surface area contributed by atoms with Crippen LogP contribution in [0.15, 0.2) is 36.4 Å².